The Kier molecular flexibility index (Phi) is 5.27. The number of nitriles is 1. The van der Waals surface area contributed by atoms with Crippen molar-refractivity contribution < 1.29 is 19.1 Å². The maximum atomic E-state index is 12.9. The molecule has 2 aromatic carbocycles. The fraction of sp³-hybridized carbons (Fsp3) is 0.250. The average molecular weight is 365 g/mol. The molecule has 2 aromatic rings. The fourth-order valence-electron chi connectivity index (χ4n) is 2.83. The number of amides is 2. The van der Waals surface area contributed by atoms with Crippen molar-refractivity contribution in [3.8, 4) is 17.6 Å². The van der Waals surface area contributed by atoms with Crippen LogP contribution in [0, 0.1) is 11.3 Å². The standard InChI is InChI=1S/C20H19N3O4/c1-3-26-18-10-14(11-21)8-9-17(18)27-13(2)20(25)23-12-19(24)22-15-6-4-5-7-16(15)23/h4-10,13H,3,12H2,1-2H3,(H,22,24)/t13-/m1/s1. The molecule has 0 spiro atoms. The van der Waals surface area contributed by atoms with Crippen molar-refractivity contribution in [3.63, 3.8) is 0 Å². The first-order valence-electron chi connectivity index (χ1n) is 8.57. The van der Waals surface area contributed by atoms with E-state index in [9.17, 15) is 9.59 Å². The van der Waals surface area contributed by atoms with Crippen LogP contribution in [-0.4, -0.2) is 31.1 Å². The monoisotopic (exact) mass is 365 g/mol. The first kappa shape index (κ1) is 18.3. The summed E-state index contributed by atoms with van der Waals surface area (Å²) >= 11 is 0. The van der Waals surface area contributed by atoms with Gasteiger partial charge in [0.25, 0.3) is 5.91 Å². The third-order valence-electron chi connectivity index (χ3n) is 4.06. The number of carbonyl (C=O) groups is 2. The zero-order valence-electron chi connectivity index (χ0n) is 15.1. The van der Waals surface area contributed by atoms with Crippen LogP contribution in [-0.2, 0) is 9.59 Å². The van der Waals surface area contributed by atoms with Gasteiger partial charge in [0.1, 0.15) is 6.54 Å². The average Bonchev–Trinajstić information content (AvgIpc) is 2.68. The highest BCUT2D eigenvalue weighted by atomic mass is 16.5. The van der Waals surface area contributed by atoms with Crippen LogP contribution in [0.4, 0.5) is 11.4 Å². The van der Waals surface area contributed by atoms with Gasteiger partial charge in [0.15, 0.2) is 17.6 Å². The summed E-state index contributed by atoms with van der Waals surface area (Å²) in [7, 11) is 0. The van der Waals surface area contributed by atoms with Gasteiger partial charge in [-0.25, -0.2) is 0 Å². The van der Waals surface area contributed by atoms with E-state index in [-0.39, 0.29) is 18.4 Å². The van der Waals surface area contributed by atoms with Gasteiger partial charge in [-0.1, -0.05) is 12.1 Å². The summed E-state index contributed by atoms with van der Waals surface area (Å²) in [5.74, 6) is 0.158. The lowest BCUT2D eigenvalue weighted by atomic mass is 10.1. The second-order valence-corrected chi connectivity index (χ2v) is 5.96. The van der Waals surface area contributed by atoms with Gasteiger partial charge in [-0.2, -0.15) is 5.26 Å². The molecule has 0 saturated carbocycles. The number of anilines is 2. The number of nitrogens with zero attached hydrogens (tertiary/aromatic N) is 2. The Morgan fingerprint density at radius 3 is 2.81 bits per heavy atom. The van der Waals surface area contributed by atoms with Crippen LogP contribution >= 0.6 is 0 Å². The van der Waals surface area contributed by atoms with Gasteiger partial charge in [0.05, 0.1) is 29.6 Å². The van der Waals surface area contributed by atoms with Gasteiger partial charge < -0.3 is 14.8 Å². The molecule has 1 aliphatic heterocycles. The molecule has 7 heteroatoms. The van der Waals surface area contributed by atoms with E-state index < -0.39 is 6.10 Å². The van der Waals surface area contributed by atoms with Crippen LogP contribution in [0.3, 0.4) is 0 Å². The van der Waals surface area contributed by atoms with E-state index in [2.05, 4.69) is 5.32 Å². The number of carbonyl (C=O) groups excluding carboxylic acids is 2. The summed E-state index contributed by atoms with van der Waals surface area (Å²) in [5, 5.41) is 11.8. The second kappa shape index (κ2) is 7.79. The molecule has 2 amide bonds. The smallest absolute Gasteiger partial charge is 0.268 e. The van der Waals surface area contributed by atoms with Crippen LogP contribution in [0.5, 0.6) is 11.5 Å². The molecule has 1 heterocycles. The van der Waals surface area contributed by atoms with Crippen molar-refractivity contribution in [2.45, 2.75) is 20.0 Å². The van der Waals surface area contributed by atoms with Crippen LogP contribution in [0.25, 0.3) is 0 Å². The maximum absolute atomic E-state index is 12.9. The molecule has 0 aromatic heterocycles. The molecule has 1 N–H and O–H groups in total. The number of benzene rings is 2. The van der Waals surface area contributed by atoms with Crippen LogP contribution in [0.1, 0.15) is 19.4 Å². The molecule has 0 aliphatic carbocycles. The molecule has 0 unspecified atom stereocenters. The Hall–Kier alpha value is -3.53. The Labute approximate surface area is 157 Å². The predicted molar refractivity (Wildman–Crippen MR) is 99.8 cm³/mol. The lowest BCUT2D eigenvalue weighted by Gasteiger charge is -2.31. The molecule has 7 nitrogen and oxygen atoms in total. The SMILES string of the molecule is CCOc1cc(C#N)ccc1O[C@H](C)C(=O)N1CC(=O)Nc2ccccc21. The lowest BCUT2D eigenvalue weighted by molar-refractivity contribution is -0.126. The van der Waals surface area contributed by atoms with Gasteiger partial charge in [-0.15, -0.1) is 0 Å². The normalized spacial score (nSPS) is 13.8. The van der Waals surface area contributed by atoms with E-state index >= 15 is 0 Å². The summed E-state index contributed by atoms with van der Waals surface area (Å²) in [6.07, 6.45) is -0.851. The fourth-order valence-corrected chi connectivity index (χ4v) is 2.83. The van der Waals surface area contributed by atoms with E-state index in [0.29, 0.717) is 35.0 Å². The third kappa shape index (κ3) is 3.85. The summed E-state index contributed by atoms with van der Waals surface area (Å²) in [6.45, 7) is 3.76. The van der Waals surface area contributed by atoms with Crippen LogP contribution in [0.15, 0.2) is 42.5 Å². The Morgan fingerprint density at radius 1 is 1.30 bits per heavy atom. The van der Waals surface area contributed by atoms with E-state index in [4.69, 9.17) is 14.7 Å². The Morgan fingerprint density at radius 2 is 2.07 bits per heavy atom. The highest BCUT2D eigenvalue weighted by Crippen LogP contribution is 2.32. The van der Waals surface area contributed by atoms with Crippen molar-refractivity contribution in [1.82, 2.24) is 0 Å². The lowest BCUT2D eigenvalue weighted by Crippen LogP contribution is -2.47. The molecule has 27 heavy (non-hydrogen) atoms. The minimum atomic E-state index is -0.851. The summed E-state index contributed by atoms with van der Waals surface area (Å²) in [6, 6.07) is 13.9. The number of ether oxygens (including phenoxy) is 2. The second-order valence-electron chi connectivity index (χ2n) is 5.96. The zero-order chi connectivity index (χ0) is 19.4. The molecule has 0 bridgehead atoms. The number of hydrogen-bond donors (Lipinski definition) is 1. The van der Waals surface area contributed by atoms with Gasteiger partial charge >= 0.3 is 0 Å². The quantitative estimate of drug-likeness (QED) is 0.880. The molecule has 3 rings (SSSR count). The molecule has 0 saturated heterocycles. The highest BCUT2D eigenvalue weighted by molar-refractivity contribution is 6.10. The minimum Gasteiger partial charge on any atom is -0.490 e. The van der Waals surface area contributed by atoms with E-state index in [0.717, 1.165) is 0 Å². The van der Waals surface area contributed by atoms with Crippen LogP contribution in [0.2, 0.25) is 0 Å². The summed E-state index contributed by atoms with van der Waals surface area (Å²) in [5.41, 5.74) is 1.65. The first-order chi connectivity index (χ1) is 13.0. The van der Waals surface area contributed by atoms with Gasteiger partial charge in [0, 0.05) is 6.07 Å². The van der Waals surface area contributed by atoms with Crippen molar-refractivity contribution in [1.29, 1.82) is 5.26 Å². The maximum Gasteiger partial charge on any atom is 0.268 e. The third-order valence-corrected chi connectivity index (χ3v) is 4.06. The van der Waals surface area contributed by atoms with Gasteiger partial charge in [0.2, 0.25) is 5.91 Å². The topological polar surface area (TPSA) is 91.7 Å². The number of fused-ring (bicyclic) bond motifs is 1. The Bertz CT molecular complexity index is 920. The predicted octanol–water partition coefficient (Wildman–Crippen LogP) is 2.71. The van der Waals surface area contributed by atoms with E-state index in [1.165, 1.54) is 4.90 Å². The Balaban J connectivity index is 1.83. The van der Waals surface area contributed by atoms with Crippen molar-refractivity contribution in [2.75, 3.05) is 23.4 Å². The summed E-state index contributed by atoms with van der Waals surface area (Å²) < 4.78 is 11.3. The van der Waals surface area contributed by atoms with Crippen molar-refractivity contribution in [2.24, 2.45) is 0 Å². The van der Waals surface area contributed by atoms with Crippen molar-refractivity contribution in [3.05, 3.63) is 48.0 Å². The van der Waals surface area contributed by atoms with E-state index in [1.54, 1.807) is 49.4 Å². The van der Waals surface area contributed by atoms with E-state index in [1.807, 2.05) is 13.0 Å². The highest BCUT2D eigenvalue weighted by Gasteiger charge is 2.31. The number of nitrogens with one attached hydrogen (secondary N) is 1. The first-order valence-corrected chi connectivity index (χ1v) is 8.57. The number of para-hydroxylation sites is 2. The summed E-state index contributed by atoms with van der Waals surface area (Å²) in [4.78, 5) is 26.3. The molecule has 0 fully saturated rings. The largest absolute Gasteiger partial charge is 0.490 e. The molecule has 0 radical (unpaired) electrons. The van der Waals surface area contributed by atoms with Gasteiger partial charge in [-0.05, 0) is 38.1 Å². The number of rotatable bonds is 5. The molecule has 138 valence electrons. The zero-order valence-corrected chi connectivity index (χ0v) is 15.1. The molecule has 1 atom stereocenters. The number of hydrogen-bond acceptors (Lipinski definition) is 5. The minimum absolute atomic E-state index is 0.0742. The molecule has 1 aliphatic rings. The van der Waals surface area contributed by atoms with Crippen LogP contribution < -0.4 is 19.7 Å². The molecular formula is C20H19N3O4. The molecular weight excluding hydrogens is 346 g/mol. The van der Waals surface area contributed by atoms with Crippen molar-refractivity contribution >= 4 is 23.2 Å². The van der Waals surface area contributed by atoms with Gasteiger partial charge in [-0.3, -0.25) is 14.5 Å².